The Labute approximate surface area is 246 Å². The Balaban J connectivity index is 1.17. The highest BCUT2D eigenvalue weighted by Crippen LogP contribution is 2.31. The van der Waals surface area contributed by atoms with Crippen LogP contribution < -0.4 is 20.2 Å². The maximum Gasteiger partial charge on any atom is 0.340 e. The number of rotatable bonds is 11. The lowest BCUT2D eigenvalue weighted by Gasteiger charge is -2.19. The predicted molar refractivity (Wildman–Crippen MR) is 166 cm³/mol. The average molecular weight is 568 g/mol. The number of benzene rings is 4. The third-order valence-corrected chi connectivity index (χ3v) is 7.05. The second kappa shape index (κ2) is 13.8. The molecule has 0 aliphatic carbocycles. The number of hydrogen-bond acceptors (Lipinski definition) is 4. The van der Waals surface area contributed by atoms with Gasteiger partial charge in [0.2, 0.25) is 0 Å². The van der Waals surface area contributed by atoms with Crippen molar-refractivity contribution in [2.24, 2.45) is 0 Å². The molecular weight excluding hydrogens is 534 g/mol. The number of anilines is 1. The summed E-state index contributed by atoms with van der Waals surface area (Å²) in [5, 5.41) is 5.21. The quantitative estimate of drug-likeness (QED) is 0.177. The van der Waals surface area contributed by atoms with Crippen molar-refractivity contribution in [3.63, 3.8) is 0 Å². The minimum absolute atomic E-state index is 0.263. The fourth-order valence-corrected chi connectivity index (χ4v) is 4.71. The number of nitrogens with one attached hydrogen (secondary N) is 2. The Bertz CT molecular complexity index is 1450. The van der Waals surface area contributed by atoms with Crippen molar-refractivity contribution in [3.8, 4) is 17.2 Å². The third kappa shape index (κ3) is 7.62. The first-order valence-electron chi connectivity index (χ1n) is 14.0. The second-order valence-electron chi connectivity index (χ2n) is 9.86. The van der Waals surface area contributed by atoms with Gasteiger partial charge >= 0.3 is 6.03 Å². The van der Waals surface area contributed by atoms with Gasteiger partial charge in [-0.3, -0.25) is 5.43 Å². The van der Waals surface area contributed by atoms with Gasteiger partial charge in [-0.15, -0.1) is 0 Å². The summed E-state index contributed by atoms with van der Waals surface area (Å²) in [6, 6.07) is 32.3. The average Bonchev–Trinajstić information content (AvgIpc) is 3.46. The van der Waals surface area contributed by atoms with Gasteiger partial charge in [-0.05, 0) is 78.2 Å². The highest BCUT2D eigenvalue weighted by Gasteiger charge is 2.27. The summed E-state index contributed by atoms with van der Waals surface area (Å²) in [6.45, 7) is 3.34. The summed E-state index contributed by atoms with van der Waals surface area (Å²) < 4.78 is 11.8. The van der Waals surface area contributed by atoms with E-state index < -0.39 is 0 Å². The summed E-state index contributed by atoms with van der Waals surface area (Å²) in [6.07, 6.45) is 4.72. The number of carbonyl (C=O) groups excluding carboxylic acids is 1. The molecule has 0 radical (unpaired) electrons. The van der Waals surface area contributed by atoms with Crippen LogP contribution in [0.4, 0.5) is 10.5 Å². The SMILES string of the molecule is CCCCCCOc1ccc(Oc2ccc(NC(=O)N3CC(c4ccccc4)=C(c4ccc(Cl)cc4)N3)cc2)cc1. The van der Waals surface area contributed by atoms with Crippen molar-refractivity contribution in [1.82, 2.24) is 10.4 Å². The van der Waals surface area contributed by atoms with Gasteiger partial charge < -0.3 is 14.8 Å². The first-order chi connectivity index (χ1) is 20.1. The van der Waals surface area contributed by atoms with E-state index >= 15 is 0 Å². The zero-order chi connectivity index (χ0) is 28.4. The van der Waals surface area contributed by atoms with E-state index in [9.17, 15) is 4.79 Å². The van der Waals surface area contributed by atoms with E-state index in [1.165, 1.54) is 19.3 Å². The third-order valence-electron chi connectivity index (χ3n) is 6.80. The summed E-state index contributed by atoms with van der Waals surface area (Å²) in [7, 11) is 0. The number of hydrazine groups is 1. The molecular formula is C34H34ClN3O3. The van der Waals surface area contributed by atoms with Gasteiger partial charge in [0, 0.05) is 16.3 Å². The monoisotopic (exact) mass is 567 g/mol. The molecule has 7 heteroatoms. The summed E-state index contributed by atoms with van der Waals surface area (Å²) in [5.74, 6) is 2.23. The fraction of sp³-hybridized carbons (Fsp3) is 0.206. The lowest BCUT2D eigenvalue weighted by molar-refractivity contribution is 0.210. The molecule has 5 rings (SSSR count). The van der Waals surface area contributed by atoms with Gasteiger partial charge in [0.1, 0.15) is 17.2 Å². The summed E-state index contributed by atoms with van der Waals surface area (Å²) >= 11 is 6.11. The molecule has 0 saturated heterocycles. The van der Waals surface area contributed by atoms with Gasteiger partial charge in [-0.25, -0.2) is 9.80 Å². The van der Waals surface area contributed by atoms with Crippen LogP contribution in [-0.2, 0) is 0 Å². The number of ether oxygens (including phenoxy) is 2. The van der Waals surface area contributed by atoms with Gasteiger partial charge in [0.05, 0.1) is 18.8 Å². The van der Waals surface area contributed by atoms with Crippen molar-refractivity contribution in [2.45, 2.75) is 32.6 Å². The first-order valence-corrected chi connectivity index (χ1v) is 14.4. The number of nitrogens with zero attached hydrogens (tertiary/aromatic N) is 1. The van der Waals surface area contributed by atoms with Crippen LogP contribution in [0.2, 0.25) is 5.02 Å². The molecule has 0 saturated carbocycles. The molecule has 1 heterocycles. The standard InChI is InChI=1S/C34H34ClN3O3/c1-2-3-4-8-23-40-29-19-21-31(22-20-29)41-30-17-15-28(16-18-30)36-34(39)38-24-32(25-9-6-5-7-10-25)33(37-38)26-11-13-27(35)14-12-26/h5-7,9-22,37H,2-4,8,23-24H2,1H3,(H,36,39). The first kappa shape index (κ1) is 28.1. The van der Waals surface area contributed by atoms with Crippen LogP contribution in [0.5, 0.6) is 17.2 Å². The van der Waals surface area contributed by atoms with E-state index in [1.54, 1.807) is 5.01 Å². The maximum absolute atomic E-state index is 13.2. The Morgan fingerprint density at radius 1 is 0.805 bits per heavy atom. The maximum atomic E-state index is 13.2. The lowest BCUT2D eigenvalue weighted by atomic mass is 10.0. The molecule has 0 unspecified atom stereocenters. The molecule has 0 atom stereocenters. The smallest absolute Gasteiger partial charge is 0.340 e. The van der Waals surface area contributed by atoms with Gasteiger partial charge in [-0.2, -0.15) is 0 Å². The van der Waals surface area contributed by atoms with E-state index in [2.05, 4.69) is 17.7 Å². The molecule has 1 aliphatic heterocycles. The highest BCUT2D eigenvalue weighted by atomic mass is 35.5. The number of carbonyl (C=O) groups is 1. The predicted octanol–water partition coefficient (Wildman–Crippen LogP) is 9.01. The molecule has 2 N–H and O–H groups in total. The minimum atomic E-state index is -0.263. The Morgan fingerprint density at radius 3 is 2.15 bits per heavy atom. The molecule has 0 spiro atoms. The van der Waals surface area contributed by atoms with Crippen molar-refractivity contribution >= 4 is 34.6 Å². The largest absolute Gasteiger partial charge is 0.494 e. The number of urea groups is 1. The van der Waals surface area contributed by atoms with Gasteiger partial charge in [0.25, 0.3) is 0 Å². The van der Waals surface area contributed by atoms with Crippen LogP contribution >= 0.6 is 11.6 Å². The molecule has 4 aromatic carbocycles. The molecule has 4 aromatic rings. The number of unbranched alkanes of at least 4 members (excludes halogenated alkanes) is 3. The molecule has 0 aromatic heterocycles. The van der Waals surface area contributed by atoms with Crippen molar-refractivity contribution in [1.29, 1.82) is 0 Å². The summed E-state index contributed by atoms with van der Waals surface area (Å²) in [5.41, 5.74) is 7.86. The Morgan fingerprint density at radius 2 is 1.46 bits per heavy atom. The van der Waals surface area contributed by atoms with Crippen LogP contribution in [0.15, 0.2) is 103 Å². The lowest BCUT2D eigenvalue weighted by Crippen LogP contribution is -2.40. The van der Waals surface area contributed by atoms with Gasteiger partial charge in [0.15, 0.2) is 0 Å². The molecule has 2 amide bonds. The van der Waals surface area contributed by atoms with E-state index in [-0.39, 0.29) is 6.03 Å². The van der Waals surface area contributed by atoms with Crippen LogP contribution in [0.3, 0.4) is 0 Å². The molecule has 0 fully saturated rings. The Hall–Kier alpha value is -4.42. The number of halogens is 1. The Kier molecular flexibility index (Phi) is 9.45. The second-order valence-corrected chi connectivity index (χ2v) is 10.3. The van der Waals surface area contributed by atoms with Crippen molar-refractivity contribution < 1.29 is 14.3 Å². The molecule has 210 valence electrons. The molecule has 0 bridgehead atoms. The molecule has 6 nitrogen and oxygen atoms in total. The topological polar surface area (TPSA) is 62.8 Å². The van der Waals surface area contributed by atoms with E-state index in [0.717, 1.165) is 46.9 Å². The van der Waals surface area contributed by atoms with Crippen molar-refractivity contribution in [2.75, 3.05) is 18.5 Å². The normalized spacial score (nSPS) is 12.7. The van der Waals surface area contributed by atoms with E-state index in [1.807, 2.05) is 103 Å². The summed E-state index contributed by atoms with van der Waals surface area (Å²) in [4.78, 5) is 13.2. The minimum Gasteiger partial charge on any atom is -0.494 e. The van der Waals surface area contributed by atoms with Crippen LogP contribution in [-0.4, -0.2) is 24.2 Å². The molecule has 1 aliphatic rings. The zero-order valence-corrected chi connectivity index (χ0v) is 23.9. The number of amides is 2. The van der Waals surface area contributed by atoms with Gasteiger partial charge in [-0.1, -0.05) is 80.3 Å². The van der Waals surface area contributed by atoms with Crippen LogP contribution in [0, 0.1) is 0 Å². The fourth-order valence-electron chi connectivity index (χ4n) is 4.59. The van der Waals surface area contributed by atoms with Crippen LogP contribution in [0.25, 0.3) is 11.3 Å². The van der Waals surface area contributed by atoms with Crippen molar-refractivity contribution in [3.05, 3.63) is 119 Å². The number of hydrogen-bond donors (Lipinski definition) is 2. The van der Waals surface area contributed by atoms with E-state index in [0.29, 0.717) is 23.0 Å². The van der Waals surface area contributed by atoms with E-state index in [4.69, 9.17) is 21.1 Å². The van der Waals surface area contributed by atoms with Crippen LogP contribution in [0.1, 0.15) is 43.7 Å². The highest BCUT2D eigenvalue weighted by molar-refractivity contribution is 6.30. The molecule has 41 heavy (non-hydrogen) atoms. The zero-order valence-electron chi connectivity index (χ0n) is 23.1.